The summed E-state index contributed by atoms with van der Waals surface area (Å²) in [7, 11) is -2.95. The number of carbonyl (C=O) groups is 1. The Balaban J connectivity index is 2.11. The largest absolute Gasteiger partial charge is 0.293 e. The van der Waals surface area contributed by atoms with Gasteiger partial charge in [-0.2, -0.15) is 0 Å². The zero-order valence-corrected chi connectivity index (χ0v) is 11.3. The zero-order chi connectivity index (χ0) is 12.5. The molecule has 0 aromatic carbocycles. The minimum absolute atomic E-state index is 0.0704. The van der Waals surface area contributed by atoms with Crippen LogP contribution in [0.1, 0.15) is 41.7 Å². The Morgan fingerprint density at radius 3 is 2.88 bits per heavy atom. The van der Waals surface area contributed by atoms with E-state index in [4.69, 9.17) is 0 Å². The van der Waals surface area contributed by atoms with Crippen molar-refractivity contribution in [3.63, 3.8) is 0 Å². The molecule has 1 saturated heterocycles. The van der Waals surface area contributed by atoms with Gasteiger partial charge >= 0.3 is 0 Å². The Morgan fingerprint density at radius 2 is 2.29 bits per heavy atom. The number of carbonyl (C=O) groups excluding carboxylic acids is 1. The second-order valence-electron chi connectivity index (χ2n) is 4.37. The van der Waals surface area contributed by atoms with Crippen molar-refractivity contribution in [2.75, 3.05) is 5.75 Å². The van der Waals surface area contributed by atoms with Gasteiger partial charge in [-0.15, -0.1) is 11.3 Å². The quantitative estimate of drug-likeness (QED) is 0.788. The Labute approximate surface area is 105 Å². The lowest BCUT2D eigenvalue weighted by Crippen LogP contribution is -2.30. The number of Topliss-reactive ketones (excluding diaryl/α,β-unsaturated/α-hetero) is 1. The van der Waals surface area contributed by atoms with Crippen LogP contribution in [0.3, 0.4) is 0 Å². The lowest BCUT2D eigenvalue weighted by molar-refractivity contribution is 0.101. The number of aromatic nitrogens is 1. The molecule has 0 bridgehead atoms. The second kappa shape index (κ2) is 4.86. The standard InChI is InChI=1S/C11H15NO3S2/c1-8(13)10-7-16-11(12-10)6-9-4-2-3-5-17(9,14)15/h7,9H,2-6H2,1H3. The topological polar surface area (TPSA) is 64.1 Å². The third-order valence-corrected chi connectivity index (χ3v) is 6.17. The van der Waals surface area contributed by atoms with Crippen LogP contribution in [-0.4, -0.2) is 30.2 Å². The fourth-order valence-corrected chi connectivity index (χ4v) is 4.91. The average Bonchev–Trinajstić information content (AvgIpc) is 2.70. The minimum Gasteiger partial charge on any atom is -0.293 e. The molecule has 0 N–H and O–H groups in total. The summed E-state index contributed by atoms with van der Waals surface area (Å²) >= 11 is 1.38. The molecule has 1 aliphatic rings. The van der Waals surface area contributed by atoms with E-state index >= 15 is 0 Å². The van der Waals surface area contributed by atoms with Crippen LogP contribution < -0.4 is 0 Å². The molecular weight excluding hydrogens is 258 g/mol. The summed E-state index contributed by atoms with van der Waals surface area (Å²) in [6, 6.07) is 0. The molecule has 0 saturated carbocycles. The van der Waals surface area contributed by atoms with Gasteiger partial charge in [0.25, 0.3) is 0 Å². The van der Waals surface area contributed by atoms with E-state index in [0.717, 1.165) is 24.3 Å². The summed E-state index contributed by atoms with van der Waals surface area (Å²) in [6.45, 7) is 1.47. The highest BCUT2D eigenvalue weighted by Gasteiger charge is 2.29. The molecular formula is C11H15NO3S2. The van der Waals surface area contributed by atoms with Crippen LogP contribution in [0.2, 0.25) is 0 Å². The predicted molar refractivity (Wildman–Crippen MR) is 67.2 cm³/mol. The van der Waals surface area contributed by atoms with Crippen LogP contribution in [-0.2, 0) is 16.3 Å². The van der Waals surface area contributed by atoms with Gasteiger partial charge in [-0.25, -0.2) is 13.4 Å². The predicted octanol–water partition coefficient (Wildman–Crippen LogP) is 1.86. The van der Waals surface area contributed by atoms with Gasteiger partial charge in [0.1, 0.15) is 5.69 Å². The third kappa shape index (κ3) is 2.93. The average molecular weight is 273 g/mol. The highest BCUT2D eigenvalue weighted by Crippen LogP contribution is 2.24. The van der Waals surface area contributed by atoms with Gasteiger partial charge in [0.05, 0.1) is 16.0 Å². The van der Waals surface area contributed by atoms with E-state index in [1.165, 1.54) is 18.3 Å². The normalized spacial score (nSPS) is 23.5. The van der Waals surface area contributed by atoms with E-state index in [1.807, 2.05) is 0 Å². The lowest BCUT2D eigenvalue weighted by atomic mass is 10.1. The van der Waals surface area contributed by atoms with E-state index in [9.17, 15) is 13.2 Å². The molecule has 17 heavy (non-hydrogen) atoms. The molecule has 6 heteroatoms. The van der Waals surface area contributed by atoms with Crippen LogP contribution in [0.5, 0.6) is 0 Å². The molecule has 0 radical (unpaired) electrons. The molecule has 2 rings (SSSR count). The van der Waals surface area contributed by atoms with Gasteiger partial charge < -0.3 is 0 Å². The monoisotopic (exact) mass is 273 g/mol. The van der Waals surface area contributed by atoms with Crippen molar-refractivity contribution in [1.29, 1.82) is 0 Å². The molecule has 0 aliphatic carbocycles. The smallest absolute Gasteiger partial charge is 0.178 e. The van der Waals surface area contributed by atoms with E-state index in [-0.39, 0.29) is 11.0 Å². The first-order valence-corrected chi connectivity index (χ1v) is 8.25. The third-order valence-electron chi connectivity index (χ3n) is 3.03. The fourth-order valence-electron chi connectivity index (χ4n) is 2.01. The Bertz CT molecular complexity index is 519. The van der Waals surface area contributed by atoms with Crippen LogP contribution in [0, 0.1) is 0 Å². The zero-order valence-electron chi connectivity index (χ0n) is 9.68. The molecule has 4 nitrogen and oxygen atoms in total. The SMILES string of the molecule is CC(=O)c1csc(CC2CCCCS2(=O)=O)n1. The van der Waals surface area contributed by atoms with Crippen LogP contribution >= 0.6 is 11.3 Å². The van der Waals surface area contributed by atoms with E-state index < -0.39 is 9.84 Å². The molecule has 1 atom stereocenters. The van der Waals surface area contributed by atoms with Crippen molar-refractivity contribution in [1.82, 2.24) is 4.98 Å². The van der Waals surface area contributed by atoms with E-state index in [0.29, 0.717) is 17.9 Å². The van der Waals surface area contributed by atoms with Gasteiger partial charge in [-0.1, -0.05) is 6.42 Å². The first-order chi connectivity index (χ1) is 7.99. The van der Waals surface area contributed by atoms with Crippen molar-refractivity contribution >= 4 is 27.0 Å². The number of ketones is 1. The number of hydrogen-bond acceptors (Lipinski definition) is 5. The maximum Gasteiger partial charge on any atom is 0.178 e. The van der Waals surface area contributed by atoms with Crippen molar-refractivity contribution in [3.8, 4) is 0 Å². The Hall–Kier alpha value is -0.750. The van der Waals surface area contributed by atoms with Crippen LogP contribution in [0.25, 0.3) is 0 Å². The molecule has 1 fully saturated rings. The molecule has 94 valence electrons. The summed E-state index contributed by atoms with van der Waals surface area (Å²) in [4.78, 5) is 15.3. The molecule has 0 amide bonds. The summed E-state index contributed by atoms with van der Waals surface area (Å²) < 4.78 is 23.7. The first-order valence-electron chi connectivity index (χ1n) is 5.66. The molecule has 0 spiro atoms. The summed E-state index contributed by atoms with van der Waals surface area (Å²) in [5.41, 5.74) is 0.443. The van der Waals surface area contributed by atoms with Crippen molar-refractivity contribution < 1.29 is 13.2 Å². The maximum absolute atomic E-state index is 11.8. The molecule has 2 heterocycles. The maximum atomic E-state index is 11.8. The van der Waals surface area contributed by atoms with Gasteiger partial charge in [-0.3, -0.25) is 4.79 Å². The summed E-state index contributed by atoms with van der Waals surface area (Å²) in [5, 5.41) is 2.15. The Morgan fingerprint density at radius 1 is 1.53 bits per heavy atom. The van der Waals surface area contributed by atoms with Gasteiger partial charge in [0.2, 0.25) is 0 Å². The molecule has 1 aromatic heterocycles. The first kappa shape index (κ1) is 12.7. The van der Waals surface area contributed by atoms with Gasteiger partial charge in [0, 0.05) is 18.7 Å². The fraction of sp³-hybridized carbons (Fsp3) is 0.636. The molecule has 1 unspecified atom stereocenters. The van der Waals surface area contributed by atoms with Crippen LogP contribution in [0.15, 0.2) is 5.38 Å². The van der Waals surface area contributed by atoms with Gasteiger partial charge in [-0.05, 0) is 12.8 Å². The van der Waals surface area contributed by atoms with E-state index in [2.05, 4.69) is 4.98 Å². The minimum atomic E-state index is -2.95. The lowest BCUT2D eigenvalue weighted by Gasteiger charge is -2.21. The van der Waals surface area contributed by atoms with Crippen LogP contribution in [0.4, 0.5) is 0 Å². The number of nitrogens with zero attached hydrogens (tertiary/aromatic N) is 1. The molecule has 1 aromatic rings. The molecule has 1 aliphatic heterocycles. The van der Waals surface area contributed by atoms with Crippen molar-refractivity contribution in [2.24, 2.45) is 0 Å². The number of sulfone groups is 1. The second-order valence-corrected chi connectivity index (χ2v) is 7.71. The van der Waals surface area contributed by atoms with Crippen molar-refractivity contribution in [2.45, 2.75) is 37.9 Å². The number of rotatable bonds is 3. The van der Waals surface area contributed by atoms with Gasteiger partial charge in [0.15, 0.2) is 15.6 Å². The van der Waals surface area contributed by atoms with E-state index in [1.54, 1.807) is 5.38 Å². The number of hydrogen-bond donors (Lipinski definition) is 0. The highest BCUT2D eigenvalue weighted by atomic mass is 32.2. The Kier molecular flexibility index (Phi) is 3.63. The summed E-state index contributed by atoms with van der Waals surface area (Å²) in [6.07, 6.45) is 2.92. The summed E-state index contributed by atoms with van der Waals surface area (Å²) in [5.74, 6) is 0.224. The van der Waals surface area contributed by atoms with Crippen molar-refractivity contribution in [3.05, 3.63) is 16.1 Å². The number of thiazole rings is 1. The highest BCUT2D eigenvalue weighted by molar-refractivity contribution is 7.92.